The normalized spacial score (nSPS) is 17.5. The molecule has 0 spiro atoms. The lowest BCUT2D eigenvalue weighted by Crippen LogP contribution is -2.58. The van der Waals surface area contributed by atoms with Gasteiger partial charge in [-0.2, -0.15) is 17.5 Å². The van der Waals surface area contributed by atoms with Crippen LogP contribution in [0.3, 0.4) is 0 Å². The van der Waals surface area contributed by atoms with Crippen molar-refractivity contribution in [1.82, 2.24) is 14.2 Å². The standard InChI is InChI=1S/C23H23Cl2F3N4O5S2/c1-2-3-14-13-31(22(33)23(26,27)28)10-11-32(14)39(36,37)16-6-4-15(5-7-16)38(34,35)30-19-9-8-17(24)20-18(25)12-29-21(19)20/h4-9,12,14,29-30H,2-3,10-11,13H2,1H3. The molecule has 0 aliphatic carbocycles. The number of halogens is 5. The first kappa shape index (κ1) is 29.5. The number of carbonyl (C=O) groups excluding carboxylic acids is 1. The zero-order valence-corrected chi connectivity index (χ0v) is 23.4. The topological polar surface area (TPSA) is 120 Å². The summed E-state index contributed by atoms with van der Waals surface area (Å²) in [6.07, 6.45) is -2.90. The Morgan fingerprint density at radius 2 is 1.67 bits per heavy atom. The zero-order chi connectivity index (χ0) is 28.8. The van der Waals surface area contributed by atoms with E-state index in [9.17, 15) is 34.8 Å². The Balaban J connectivity index is 1.57. The number of nitrogens with zero attached hydrogens (tertiary/aromatic N) is 2. The molecule has 4 rings (SSSR count). The van der Waals surface area contributed by atoms with Gasteiger partial charge in [0.15, 0.2) is 0 Å². The van der Waals surface area contributed by atoms with Crippen LogP contribution in [0.25, 0.3) is 10.9 Å². The molecule has 1 aliphatic rings. The first-order valence-corrected chi connectivity index (χ1v) is 15.3. The highest BCUT2D eigenvalue weighted by Gasteiger charge is 2.46. The number of anilines is 1. The molecule has 1 unspecified atom stereocenters. The van der Waals surface area contributed by atoms with Gasteiger partial charge in [0, 0.05) is 37.3 Å². The Hall–Kier alpha value is -2.52. The Bertz CT molecular complexity index is 1610. The van der Waals surface area contributed by atoms with Crippen LogP contribution >= 0.6 is 23.2 Å². The predicted molar refractivity (Wildman–Crippen MR) is 141 cm³/mol. The number of aromatic nitrogens is 1. The second-order valence-corrected chi connectivity index (χ2v) is 13.3. The lowest BCUT2D eigenvalue weighted by atomic mass is 10.1. The van der Waals surface area contributed by atoms with Crippen LogP contribution in [-0.4, -0.2) is 68.8 Å². The summed E-state index contributed by atoms with van der Waals surface area (Å²) in [5, 5.41) is 1.05. The Morgan fingerprint density at radius 3 is 2.28 bits per heavy atom. The van der Waals surface area contributed by atoms with Crippen molar-refractivity contribution < 1.29 is 34.8 Å². The summed E-state index contributed by atoms with van der Waals surface area (Å²) in [5.41, 5.74) is 0.534. The minimum absolute atomic E-state index is 0.173. The predicted octanol–water partition coefficient (Wildman–Crippen LogP) is 4.84. The molecule has 212 valence electrons. The van der Waals surface area contributed by atoms with Gasteiger partial charge in [-0.15, -0.1) is 0 Å². The van der Waals surface area contributed by atoms with Gasteiger partial charge in [-0.25, -0.2) is 16.8 Å². The zero-order valence-electron chi connectivity index (χ0n) is 20.3. The molecule has 1 atom stereocenters. The van der Waals surface area contributed by atoms with Crippen LogP contribution in [0.5, 0.6) is 0 Å². The molecule has 1 amide bonds. The van der Waals surface area contributed by atoms with Gasteiger partial charge in [-0.1, -0.05) is 36.5 Å². The fraction of sp³-hybridized carbons (Fsp3) is 0.348. The van der Waals surface area contributed by atoms with Gasteiger partial charge in [-0.05, 0) is 42.8 Å². The largest absolute Gasteiger partial charge is 0.471 e. The van der Waals surface area contributed by atoms with Crippen molar-refractivity contribution in [2.24, 2.45) is 0 Å². The molecule has 2 N–H and O–H groups in total. The number of rotatable bonds is 7. The molecule has 1 saturated heterocycles. The average Bonchev–Trinajstić information content (AvgIpc) is 3.27. The van der Waals surface area contributed by atoms with E-state index in [4.69, 9.17) is 23.2 Å². The van der Waals surface area contributed by atoms with E-state index in [1.807, 2.05) is 0 Å². The molecular formula is C23H23Cl2F3N4O5S2. The Kier molecular flexibility index (Phi) is 8.16. The third kappa shape index (κ3) is 5.85. The second kappa shape index (κ2) is 10.8. The Labute approximate surface area is 233 Å². The number of carbonyl (C=O) groups is 1. The van der Waals surface area contributed by atoms with Gasteiger partial charge in [0.05, 0.1) is 31.0 Å². The van der Waals surface area contributed by atoms with Gasteiger partial charge >= 0.3 is 12.1 Å². The number of alkyl halides is 3. The van der Waals surface area contributed by atoms with Crippen LogP contribution in [0.2, 0.25) is 10.0 Å². The molecule has 3 aromatic rings. The molecule has 2 heterocycles. The van der Waals surface area contributed by atoms with Crippen LogP contribution in [0.15, 0.2) is 52.4 Å². The van der Waals surface area contributed by atoms with Gasteiger partial charge in [0.1, 0.15) is 0 Å². The van der Waals surface area contributed by atoms with E-state index in [1.54, 1.807) is 6.92 Å². The lowest BCUT2D eigenvalue weighted by molar-refractivity contribution is -0.187. The van der Waals surface area contributed by atoms with E-state index < -0.39 is 51.3 Å². The van der Waals surface area contributed by atoms with Crippen molar-refractivity contribution >= 4 is 65.7 Å². The van der Waals surface area contributed by atoms with Crippen molar-refractivity contribution in [1.29, 1.82) is 0 Å². The molecule has 1 aromatic heterocycles. The molecule has 2 aromatic carbocycles. The minimum atomic E-state index is -5.06. The molecule has 9 nitrogen and oxygen atoms in total. The van der Waals surface area contributed by atoms with Crippen LogP contribution < -0.4 is 4.72 Å². The fourth-order valence-corrected chi connectivity index (χ4v) is 7.74. The highest BCUT2D eigenvalue weighted by Crippen LogP contribution is 2.35. The summed E-state index contributed by atoms with van der Waals surface area (Å²) in [5.74, 6) is -2.01. The number of amides is 1. The van der Waals surface area contributed by atoms with Crippen molar-refractivity contribution in [2.45, 2.75) is 41.8 Å². The van der Waals surface area contributed by atoms with E-state index in [0.717, 1.165) is 28.6 Å². The summed E-state index contributed by atoms with van der Waals surface area (Å²) >= 11 is 12.3. The molecule has 16 heteroatoms. The number of aromatic amines is 1. The van der Waals surface area contributed by atoms with E-state index in [1.165, 1.54) is 18.3 Å². The number of piperazine rings is 1. The van der Waals surface area contributed by atoms with Crippen LogP contribution in [0.1, 0.15) is 19.8 Å². The van der Waals surface area contributed by atoms with E-state index in [-0.39, 0.29) is 28.4 Å². The quantitative estimate of drug-likeness (QED) is 0.389. The number of nitrogens with one attached hydrogen (secondary N) is 2. The minimum Gasteiger partial charge on any atom is -0.358 e. The van der Waals surface area contributed by atoms with Crippen molar-refractivity contribution in [3.05, 3.63) is 52.6 Å². The summed E-state index contributed by atoms with van der Waals surface area (Å²) in [6, 6.07) is 6.51. The van der Waals surface area contributed by atoms with E-state index >= 15 is 0 Å². The number of sulfonamides is 2. The molecule has 1 aliphatic heterocycles. The first-order valence-electron chi connectivity index (χ1n) is 11.6. The number of benzene rings is 2. The fourth-order valence-electron chi connectivity index (χ4n) is 4.47. The summed E-state index contributed by atoms with van der Waals surface area (Å²) in [6.45, 7) is 0.589. The molecule has 39 heavy (non-hydrogen) atoms. The third-order valence-electron chi connectivity index (χ3n) is 6.30. The highest BCUT2D eigenvalue weighted by molar-refractivity contribution is 7.92. The summed E-state index contributed by atoms with van der Waals surface area (Å²) in [4.78, 5) is 14.7. The highest BCUT2D eigenvalue weighted by atomic mass is 35.5. The van der Waals surface area contributed by atoms with Crippen LogP contribution in [0.4, 0.5) is 18.9 Å². The second-order valence-electron chi connectivity index (χ2n) is 8.87. The van der Waals surface area contributed by atoms with Crippen molar-refractivity contribution in [3.8, 4) is 0 Å². The van der Waals surface area contributed by atoms with Crippen molar-refractivity contribution in [2.75, 3.05) is 24.4 Å². The number of hydrogen-bond acceptors (Lipinski definition) is 5. The molecule has 0 saturated carbocycles. The SMILES string of the molecule is CCCC1CN(C(=O)C(F)(F)F)CCN1S(=O)(=O)c1ccc(S(=O)(=O)Nc2ccc(Cl)c3c(Cl)c[nH]c23)cc1. The van der Waals surface area contributed by atoms with E-state index in [0.29, 0.717) is 32.3 Å². The third-order valence-corrected chi connectivity index (χ3v) is 10.3. The number of hydrogen-bond donors (Lipinski definition) is 2. The smallest absolute Gasteiger partial charge is 0.358 e. The van der Waals surface area contributed by atoms with Gasteiger partial charge in [0.2, 0.25) is 10.0 Å². The maximum absolute atomic E-state index is 13.4. The van der Waals surface area contributed by atoms with Crippen molar-refractivity contribution in [3.63, 3.8) is 0 Å². The molecule has 0 radical (unpaired) electrons. The average molecular weight is 627 g/mol. The Morgan fingerprint density at radius 1 is 1.03 bits per heavy atom. The van der Waals surface area contributed by atoms with Gasteiger partial charge in [-0.3, -0.25) is 9.52 Å². The van der Waals surface area contributed by atoms with E-state index in [2.05, 4.69) is 9.71 Å². The lowest BCUT2D eigenvalue weighted by Gasteiger charge is -2.40. The monoisotopic (exact) mass is 626 g/mol. The summed E-state index contributed by atoms with van der Waals surface area (Å²) < 4.78 is 95.1. The maximum Gasteiger partial charge on any atom is 0.471 e. The molecule has 0 bridgehead atoms. The number of H-pyrrole nitrogens is 1. The van der Waals surface area contributed by atoms with Gasteiger partial charge < -0.3 is 9.88 Å². The molecular weight excluding hydrogens is 604 g/mol. The van der Waals surface area contributed by atoms with Crippen LogP contribution in [0, 0.1) is 0 Å². The maximum atomic E-state index is 13.4. The number of fused-ring (bicyclic) bond motifs is 1. The summed E-state index contributed by atoms with van der Waals surface area (Å²) in [7, 11) is -8.37. The van der Waals surface area contributed by atoms with Crippen LogP contribution in [-0.2, 0) is 24.8 Å². The van der Waals surface area contributed by atoms with Gasteiger partial charge in [0.25, 0.3) is 10.0 Å². The molecule has 1 fully saturated rings. The first-order chi connectivity index (χ1) is 18.2.